The van der Waals surface area contributed by atoms with Crippen LogP contribution in [0.4, 0.5) is 0 Å². The van der Waals surface area contributed by atoms with Gasteiger partial charge in [0.2, 0.25) is 0 Å². The molecular formula is C9H11BrClN. The Morgan fingerprint density at radius 2 is 2.17 bits per heavy atom. The summed E-state index contributed by atoms with van der Waals surface area (Å²) in [5.74, 6) is 0. The molecule has 1 aromatic carbocycles. The second kappa shape index (κ2) is 4.26. The highest BCUT2D eigenvalue weighted by molar-refractivity contribution is 9.10. The molecule has 0 unspecified atom stereocenters. The maximum absolute atomic E-state index is 5.87. The van der Waals surface area contributed by atoms with E-state index in [1.54, 1.807) is 0 Å². The number of hydrogen-bond acceptors (Lipinski definition) is 1. The molecule has 66 valence electrons. The standard InChI is InChI=1S/C9H11BrClN/c1-2-9(12)6-3-7(10)5-8(11)4-6/h3-5,9H,2,12H2,1H3/t9-/m0/s1. The quantitative estimate of drug-likeness (QED) is 0.851. The monoisotopic (exact) mass is 247 g/mol. The molecule has 0 saturated carbocycles. The zero-order valence-electron chi connectivity index (χ0n) is 6.85. The van der Waals surface area contributed by atoms with Crippen molar-refractivity contribution < 1.29 is 0 Å². The number of hydrogen-bond donors (Lipinski definition) is 1. The molecule has 0 heterocycles. The molecular weight excluding hydrogens is 237 g/mol. The summed E-state index contributed by atoms with van der Waals surface area (Å²) >= 11 is 9.24. The van der Waals surface area contributed by atoms with Gasteiger partial charge in [0.25, 0.3) is 0 Å². The second-order valence-electron chi connectivity index (χ2n) is 2.72. The number of nitrogens with two attached hydrogens (primary N) is 1. The fraction of sp³-hybridized carbons (Fsp3) is 0.333. The van der Waals surface area contributed by atoms with E-state index in [9.17, 15) is 0 Å². The second-order valence-corrected chi connectivity index (χ2v) is 4.07. The first kappa shape index (κ1) is 10.0. The summed E-state index contributed by atoms with van der Waals surface area (Å²) in [6, 6.07) is 5.84. The van der Waals surface area contributed by atoms with Crippen molar-refractivity contribution in [3.05, 3.63) is 33.3 Å². The molecule has 0 spiro atoms. The Hall–Kier alpha value is -0.0500. The summed E-state index contributed by atoms with van der Waals surface area (Å²) < 4.78 is 0.980. The van der Waals surface area contributed by atoms with Crippen LogP contribution in [0.1, 0.15) is 24.9 Å². The molecule has 0 radical (unpaired) electrons. The van der Waals surface area contributed by atoms with Crippen molar-refractivity contribution in [2.45, 2.75) is 19.4 Å². The van der Waals surface area contributed by atoms with Crippen molar-refractivity contribution in [3.63, 3.8) is 0 Å². The third-order valence-electron chi connectivity index (χ3n) is 1.75. The van der Waals surface area contributed by atoms with Gasteiger partial charge in [-0.15, -0.1) is 0 Å². The Morgan fingerprint density at radius 3 is 2.67 bits per heavy atom. The summed E-state index contributed by atoms with van der Waals surface area (Å²) in [5, 5.41) is 0.725. The predicted molar refractivity (Wildman–Crippen MR) is 56.4 cm³/mol. The molecule has 1 atom stereocenters. The first-order valence-corrected chi connectivity index (χ1v) is 5.02. The fourth-order valence-electron chi connectivity index (χ4n) is 1.02. The molecule has 0 aromatic heterocycles. The lowest BCUT2D eigenvalue weighted by molar-refractivity contribution is 0.698. The summed E-state index contributed by atoms with van der Waals surface area (Å²) in [6.07, 6.45) is 0.923. The summed E-state index contributed by atoms with van der Waals surface area (Å²) in [4.78, 5) is 0. The molecule has 0 aliphatic heterocycles. The molecule has 1 nitrogen and oxygen atoms in total. The minimum Gasteiger partial charge on any atom is -0.324 e. The van der Waals surface area contributed by atoms with E-state index in [0.717, 1.165) is 21.5 Å². The third-order valence-corrected chi connectivity index (χ3v) is 2.43. The highest BCUT2D eigenvalue weighted by atomic mass is 79.9. The van der Waals surface area contributed by atoms with E-state index in [2.05, 4.69) is 22.9 Å². The van der Waals surface area contributed by atoms with Crippen LogP contribution in [0.2, 0.25) is 5.02 Å². The van der Waals surface area contributed by atoms with Gasteiger partial charge in [0, 0.05) is 15.5 Å². The van der Waals surface area contributed by atoms with Crippen LogP contribution in [0, 0.1) is 0 Å². The summed E-state index contributed by atoms with van der Waals surface area (Å²) in [7, 11) is 0. The van der Waals surface area contributed by atoms with E-state index in [1.807, 2.05) is 18.2 Å². The molecule has 3 heteroatoms. The minimum absolute atomic E-state index is 0.0833. The number of rotatable bonds is 2. The van der Waals surface area contributed by atoms with Crippen LogP contribution >= 0.6 is 27.5 Å². The van der Waals surface area contributed by atoms with Crippen molar-refractivity contribution in [1.29, 1.82) is 0 Å². The molecule has 0 amide bonds. The normalized spacial score (nSPS) is 13.0. The van der Waals surface area contributed by atoms with E-state index >= 15 is 0 Å². The topological polar surface area (TPSA) is 26.0 Å². The van der Waals surface area contributed by atoms with Crippen molar-refractivity contribution in [3.8, 4) is 0 Å². The Labute approximate surface area is 86.0 Å². The Balaban J connectivity index is 3.00. The van der Waals surface area contributed by atoms with Gasteiger partial charge in [0.1, 0.15) is 0 Å². The van der Waals surface area contributed by atoms with Gasteiger partial charge in [0.05, 0.1) is 0 Å². The van der Waals surface area contributed by atoms with Gasteiger partial charge in [-0.25, -0.2) is 0 Å². The highest BCUT2D eigenvalue weighted by Gasteiger charge is 2.04. The molecule has 0 bridgehead atoms. The first-order valence-electron chi connectivity index (χ1n) is 3.85. The molecule has 0 saturated heterocycles. The maximum Gasteiger partial charge on any atom is 0.0420 e. The van der Waals surface area contributed by atoms with Crippen LogP contribution in [-0.4, -0.2) is 0 Å². The van der Waals surface area contributed by atoms with Crippen LogP contribution in [0.15, 0.2) is 22.7 Å². The minimum atomic E-state index is 0.0833. The summed E-state index contributed by atoms with van der Waals surface area (Å²) in [6.45, 7) is 2.06. The first-order chi connectivity index (χ1) is 5.63. The van der Waals surface area contributed by atoms with E-state index in [4.69, 9.17) is 17.3 Å². The molecule has 12 heavy (non-hydrogen) atoms. The molecule has 0 aliphatic rings. The fourth-order valence-corrected chi connectivity index (χ4v) is 1.91. The predicted octanol–water partition coefficient (Wildman–Crippen LogP) is 3.51. The summed E-state index contributed by atoms with van der Waals surface area (Å²) in [5.41, 5.74) is 6.93. The van der Waals surface area contributed by atoms with Crippen LogP contribution < -0.4 is 5.73 Å². The largest absolute Gasteiger partial charge is 0.324 e. The van der Waals surface area contributed by atoms with Gasteiger partial charge in [-0.1, -0.05) is 34.5 Å². The van der Waals surface area contributed by atoms with Gasteiger partial charge in [-0.05, 0) is 30.2 Å². The van der Waals surface area contributed by atoms with Gasteiger partial charge in [-0.3, -0.25) is 0 Å². The SMILES string of the molecule is CC[C@H](N)c1cc(Cl)cc(Br)c1. The van der Waals surface area contributed by atoms with Crippen LogP contribution in [0.5, 0.6) is 0 Å². The molecule has 0 fully saturated rings. The Morgan fingerprint density at radius 1 is 1.50 bits per heavy atom. The smallest absolute Gasteiger partial charge is 0.0420 e. The zero-order chi connectivity index (χ0) is 9.14. The van der Waals surface area contributed by atoms with Crippen LogP contribution in [0.3, 0.4) is 0 Å². The van der Waals surface area contributed by atoms with Gasteiger partial charge >= 0.3 is 0 Å². The maximum atomic E-state index is 5.87. The number of halogens is 2. The van der Waals surface area contributed by atoms with Gasteiger partial charge < -0.3 is 5.73 Å². The Bertz CT molecular complexity index is 255. The molecule has 2 N–H and O–H groups in total. The lowest BCUT2D eigenvalue weighted by atomic mass is 10.1. The Kier molecular flexibility index (Phi) is 3.56. The third kappa shape index (κ3) is 2.47. The van der Waals surface area contributed by atoms with Crippen molar-refractivity contribution in [1.82, 2.24) is 0 Å². The van der Waals surface area contributed by atoms with Crippen LogP contribution in [0.25, 0.3) is 0 Å². The van der Waals surface area contributed by atoms with Gasteiger partial charge in [0.15, 0.2) is 0 Å². The van der Waals surface area contributed by atoms with Crippen molar-refractivity contribution in [2.24, 2.45) is 5.73 Å². The lowest BCUT2D eigenvalue weighted by Crippen LogP contribution is -2.08. The average molecular weight is 249 g/mol. The van der Waals surface area contributed by atoms with Crippen molar-refractivity contribution in [2.75, 3.05) is 0 Å². The van der Waals surface area contributed by atoms with Crippen molar-refractivity contribution >= 4 is 27.5 Å². The molecule has 0 aliphatic carbocycles. The highest BCUT2D eigenvalue weighted by Crippen LogP contribution is 2.23. The van der Waals surface area contributed by atoms with E-state index in [-0.39, 0.29) is 6.04 Å². The van der Waals surface area contributed by atoms with E-state index in [1.165, 1.54) is 0 Å². The number of benzene rings is 1. The molecule has 1 aromatic rings. The van der Waals surface area contributed by atoms with Gasteiger partial charge in [-0.2, -0.15) is 0 Å². The van der Waals surface area contributed by atoms with E-state index in [0.29, 0.717) is 0 Å². The lowest BCUT2D eigenvalue weighted by Gasteiger charge is -2.09. The van der Waals surface area contributed by atoms with E-state index < -0.39 is 0 Å². The molecule has 1 rings (SSSR count). The zero-order valence-corrected chi connectivity index (χ0v) is 9.19. The average Bonchev–Trinajstić information content (AvgIpc) is 2.01. The van der Waals surface area contributed by atoms with Crippen LogP contribution in [-0.2, 0) is 0 Å².